The van der Waals surface area contributed by atoms with Crippen LogP contribution in [0, 0.1) is 0 Å². The topological polar surface area (TPSA) is 29.5 Å². The van der Waals surface area contributed by atoms with Gasteiger partial charge < -0.3 is 9.84 Å². The molecule has 0 bridgehead atoms. The molecular weight excluding hydrogens is 224 g/mol. The van der Waals surface area contributed by atoms with Gasteiger partial charge in [0.15, 0.2) is 0 Å². The molecule has 0 saturated heterocycles. The second-order valence-corrected chi connectivity index (χ2v) is 5.44. The molecule has 1 aliphatic heterocycles. The Morgan fingerprint density at radius 2 is 2.00 bits per heavy atom. The second kappa shape index (κ2) is 3.48. The maximum atomic E-state index is 11.0. The molecule has 18 heavy (non-hydrogen) atoms. The van der Waals surface area contributed by atoms with Crippen molar-refractivity contribution in [3.05, 3.63) is 42.0 Å². The van der Waals surface area contributed by atoms with Gasteiger partial charge in [-0.3, -0.25) is 0 Å². The van der Waals surface area contributed by atoms with Gasteiger partial charge in [0.2, 0.25) is 0 Å². The fraction of sp³-hybridized carbons (Fsp3) is 0.375. The number of fused-ring (bicyclic) bond motifs is 5. The van der Waals surface area contributed by atoms with E-state index in [-0.39, 0.29) is 6.10 Å². The lowest BCUT2D eigenvalue weighted by Crippen LogP contribution is -2.40. The standard InChI is InChI=1S/C16H16O2/c17-16-10-4-3-7-14(16)18-13-9-8-11-5-1-2-6-12(11)15(13)16/h1-2,5-6,8-9,14,17H,3-4,7,10H2/t14-,16+/m1/s1. The first kappa shape index (κ1) is 10.4. The minimum atomic E-state index is -0.769. The summed E-state index contributed by atoms with van der Waals surface area (Å²) in [5.74, 6) is 0.878. The predicted octanol–water partition coefficient (Wildman–Crippen LogP) is 3.36. The van der Waals surface area contributed by atoms with Gasteiger partial charge in [0.05, 0.1) is 0 Å². The Morgan fingerprint density at radius 3 is 2.94 bits per heavy atom. The van der Waals surface area contributed by atoms with Crippen LogP contribution in [0.15, 0.2) is 36.4 Å². The van der Waals surface area contributed by atoms with Gasteiger partial charge in [0, 0.05) is 5.56 Å². The molecule has 2 heteroatoms. The Labute approximate surface area is 106 Å². The van der Waals surface area contributed by atoms with Crippen LogP contribution in [0.1, 0.15) is 31.2 Å². The van der Waals surface area contributed by atoms with E-state index in [1.54, 1.807) is 0 Å². The minimum absolute atomic E-state index is 0.0490. The quantitative estimate of drug-likeness (QED) is 0.765. The van der Waals surface area contributed by atoms with E-state index in [4.69, 9.17) is 4.74 Å². The van der Waals surface area contributed by atoms with Crippen LogP contribution in [0.2, 0.25) is 0 Å². The Kier molecular flexibility index (Phi) is 2.01. The summed E-state index contributed by atoms with van der Waals surface area (Å²) in [5.41, 5.74) is 0.249. The van der Waals surface area contributed by atoms with Crippen molar-refractivity contribution in [1.82, 2.24) is 0 Å². The highest BCUT2D eigenvalue weighted by Crippen LogP contribution is 2.51. The van der Waals surface area contributed by atoms with E-state index in [1.807, 2.05) is 18.2 Å². The molecule has 2 aromatic carbocycles. The SMILES string of the molecule is O[C@@]12CCCC[C@H]1Oc1ccc3ccccc3c12. The van der Waals surface area contributed by atoms with E-state index >= 15 is 0 Å². The number of benzene rings is 2. The van der Waals surface area contributed by atoms with Crippen molar-refractivity contribution >= 4 is 10.8 Å². The Morgan fingerprint density at radius 1 is 1.11 bits per heavy atom. The van der Waals surface area contributed by atoms with Crippen LogP contribution in [-0.4, -0.2) is 11.2 Å². The Bertz CT molecular complexity index is 620. The third kappa shape index (κ3) is 1.21. The molecule has 0 amide bonds. The molecule has 0 aromatic heterocycles. The molecule has 1 N–H and O–H groups in total. The maximum absolute atomic E-state index is 11.0. The molecule has 2 aliphatic rings. The van der Waals surface area contributed by atoms with Gasteiger partial charge in [0.25, 0.3) is 0 Å². The number of hydrogen-bond acceptors (Lipinski definition) is 2. The van der Waals surface area contributed by atoms with Crippen molar-refractivity contribution in [2.24, 2.45) is 0 Å². The molecule has 0 spiro atoms. The first-order valence-electron chi connectivity index (χ1n) is 6.70. The van der Waals surface area contributed by atoms with Gasteiger partial charge in [-0.15, -0.1) is 0 Å². The monoisotopic (exact) mass is 240 g/mol. The Hall–Kier alpha value is -1.54. The molecule has 2 nitrogen and oxygen atoms in total. The van der Waals surface area contributed by atoms with Crippen molar-refractivity contribution in [1.29, 1.82) is 0 Å². The number of rotatable bonds is 0. The highest BCUT2D eigenvalue weighted by Gasteiger charge is 2.49. The molecule has 92 valence electrons. The van der Waals surface area contributed by atoms with Crippen LogP contribution in [0.3, 0.4) is 0 Å². The molecule has 2 atom stereocenters. The summed E-state index contributed by atoms with van der Waals surface area (Å²) >= 11 is 0. The molecule has 1 saturated carbocycles. The molecule has 1 heterocycles. The molecular formula is C16H16O2. The van der Waals surface area contributed by atoms with Gasteiger partial charge in [-0.1, -0.05) is 30.3 Å². The number of aliphatic hydroxyl groups is 1. The summed E-state index contributed by atoms with van der Waals surface area (Å²) < 4.78 is 5.97. The van der Waals surface area contributed by atoms with E-state index in [9.17, 15) is 5.11 Å². The van der Waals surface area contributed by atoms with Gasteiger partial charge in [0.1, 0.15) is 17.5 Å². The molecule has 1 aliphatic carbocycles. The van der Waals surface area contributed by atoms with E-state index in [1.165, 1.54) is 5.39 Å². The van der Waals surface area contributed by atoms with E-state index < -0.39 is 5.60 Å². The summed E-state index contributed by atoms with van der Waals surface area (Å²) in [5, 5.41) is 13.4. The highest BCUT2D eigenvalue weighted by atomic mass is 16.5. The number of ether oxygens (including phenoxy) is 1. The third-order valence-electron chi connectivity index (χ3n) is 4.40. The van der Waals surface area contributed by atoms with Crippen LogP contribution in [0.25, 0.3) is 10.8 Å². The summed E-state index contributed by atoms with van der Waals surface area (Å²) in [6, 6.07) is 12.3. The highest BCUT2D eigenvalue weighted by molar-refractivity contribution is 5.89. The van der Waals surface area contributed by atoms with Crippen molar-refractivity contribution in [3.63, 3.8) is 0 Å². The smallest absolute Gasteiger partial charge is 0.132 e. The Balaban J connectivity index is 2.02. The summed E-state index contributed by atoms with van der Waals surface area (Å²) in [6.07, 6.45) is 3.96. The fourth-order valence-electron chi connectivity index (χ4n) is 3.52. The van der Waals surface area contributed by atoms with Gasteiger partial charge >= 0.3 is 0 Å². The first-order chi connectivity index (χ1) is 8.79. The van der Waals surface area contributed by atoms with Crippen LogP contribution in [0.5, 0.6) is 5.75 Å². The van der Waals surface area contributed by atoms with Gasteiger partial charge in [-0.05, 0) is 42.5 Å². The molecule has 0 radical (unpaired) electrons. The number of hydrogen-bond donors (Lipinski definition) is 1. The summed E-state index contributed by atoms with van der Waals surface area (Å²) in [7, 11) is 0. The van der Waals surface area contributed by atoms with Crippen LogP contribution in [0.4, 0.5) is 0 Å². The lowest BCUT2D eigenvalue weighted by molar-refractivity contribution is -0.0667. The second-order valence-electron chi connectivity index (χ2n) is 5.44. The van der Waals surface area contributed by atoms with Crippen LogP contribution >= 0.6 is 0 Å². The van der Waals surface area contributed by atoms with E-state index in [0.29, 0.717) is 0 Å². The van der Waals surface area contributed by atoms with Crippen LogP contribution < -0.4 is 4.74 Å². The van der Waals surface area contributed by atoms with Crippen molar-refractivity contribution in [2.45, 2.75) is 37.4 Å². The maximum Gasteiger partial charge on any atom is 0.132 e. The third-order valence-corrected chi connectivity index (χ3v) is 4.40. The fourth-order valence-corrected chi connectivity index (χ4v) is 3.52. The summed E-state index contributed by atoms with van der Waals surface area (Å²) in [6.45, 7) is 0. The minimum Gasteiger partial charge on any atom is -0.487 e. The lowest BCUT2D eigenvalue weighted by Gasteiger charge is -2.33. The van der Waals surface area contributed by atoms with E-state index in [2.05, 4.69) is 18.2 Å². The average Bonchev–Trinajstić information content (AvgIpc) is 2.71. The normalized spacial score (nSPS) is 29.7. The zero-order chi connectivity index (χ0) is 12.2. The van der Waals surface area contributed by atoms with Gasteiger partial charge in [-0.2, -0.15) is 0 Å². The summed E-state index contributed by atoms with van der Waals surface area (Å²) in [4.78, 5) is 0. The first-order valence-corrected chi connectivity index (χ1v) is 6.70. The average molecular weight is 240 g/mol. The zero-order valence-electron chi connectivity index (χ0n) is 10.2. The molecule has 2 aromatic rings. The van der Waals surface area contributed by atoms with Gasteiger partial charge in [-0.25, -0.2) is 0 Å². The molecule has 1 fully saturated rings. The van der Waals surface area contributed by atoms with Crippen molar-refractivity contribution in [3.8, 4) is 5.75 Å². The largest absolute Gasteiger partial charge is 0.487 e. The predicted molar refractivity (Wildman–Crippen MR) is 70.7 cm³/mol. The lowest BCUT2D eigenvalue weighted by atomic mass is 9.77. The molecule has 4 rings (SSSR count). The van der Waals surface area contributed by atoms with E-state index in [0.717, 1.165) is 42.4 Å². The van der Waals surface area contributed by atoms with Crippen LogP contribution in [-0.2, 0) is 5.60 Å². The zero-order valence-corrected chi connectivity index (χ0v) is 10.2. The van der Waals surface area contributed by atoms with Crippen molar-refractivity contribution in [2.75, 3.05) is 0 Å². The van der Waals surface area contributed by atoms with Crippen molar-refractivity contribution < 1.29 is 9.84 Å². The molecule has 0 unspecified atom stereocenters.